The molecule has 0 aliphatic heterocycles. The van der Waals surface area contributed by atoms with Gasteiger partial charge in [0.1, 0.15) is 0 Å². The fraction of sp³-hybridized carbons (Fsp3) is 0.196. The highest BCUT2D eigenvalue weighted by Crippen LogP contribution is 2.61. The molecule has 1 aromatic heterocycles. The third-order valence-corrected chi connectivity index (χ3v) is 12.4. The maximum atomic E-state index is 5.43. The first-order valence-electron chi connectivity index (χ1n) is 19.6. The Bertz CT molecular complexity index is 2660. The summed E-state index contributed by atoms with van der Waals surface area (Å²) in [6.45, 7) is 9.70. The summed E-state index contributed by atoms with van der Waals surface area (Å²) >= 11 is 0. The van der Waals surface area contributed by atoms with Gasteiger partial charge in [-0.15, -0.1) is 0 Å². The van der Waals surface area contributed by atoms with E-state index in [1.165, 1.54) is 44.5 Å². The van der Waals surface area contributed by atoms with Crippen LogP contribution in [0.4, 0.5) is 0 Å². The monoisotopic (exact) mass is 697 g/mol. The second-order valence-electron chi connectivity index (χ2n) is 15.8. The van der Waals surface area contributed by atoms with Gasteiger partial charge < -0.3 is 0 Å². The van der Waals surface area contributed by atoms with Gasteiger partial charge in [0.25, 0.3) is 0 Å². The summed E-state index contributed by atoms with van der Waals surface area (Å²) in [6.07, 6.45) is 3.35. The SMILES string of the molecule is CC(C)C1(C(C)C)c2cccc(-c3nc(-c4cccc5ccccc45)nc(-c4cccc5ccccc45)n3)c2-c2ccc3c(c21)-c1ccccc1CCC3. The lowest BCUT2D eigenvalue weighted by Crippen LogP contribution is -2.38. The molecule has 0 N–H and O–H groups in total. The minimum atomic E-state index is -0.201. The number of nitrogens with zero attached hydrogens (tertiary/aromatic N) is 3. The number of hydrogen-bond acceptors (Lipinski definition) is 3. The number of fused-ring (bicyclic) bond motifs is 9. The van der Waals surface area contributed by atoms with Crippen LogP contribution in [0.15, 0.2) is 140 Å². The molecule has 0 saturated heterocycles. The molecule has 0 unspecified atom stereocenters. The molecule has 0 atom stereocenters. The van der Waals surface area contributed by atoms with Crippen LogP contribution in [-0.4, -0.2) is 15.0 Å². The zero-order valence-corrected chi connectivity index (χ0v) is 31.4. The fourth-order valence-corrected chi connectivity index (χ4v) is 10.2. The Balaban J connectivity index is 1.30. The summed E-state index contributed by atoms with van der Waals surface area (Å²) < 4.78 is 0. The molecule has 1 heterocycles. The number of aryl methyl sites for hydroxylation is 2. The summed E-state index contributed by atoms with van der Waals surface area (Å²) in [4.78, 5) is 16.2. The van der Waals surface area contributed by atoms with E-state index in [1.54, 1.807) is 0 Å². The molecule has 2 aliphatic rings. The molecule has 7 aromatic carbocycles. The number of aromatic nitrogens is 3. The predicted molar refractivity (Wildman–Crippen MR) is 224 cm³/mol. The van der Waals surface area contributed by atoms with Gasteiger partial charge in [0, 0.05) is 22.1 Å². The third-order valence-electron chi connectivity index (χ3n) is 12.4. The molecule has 0 amide bonds. The second-order valence-corrected chi connectivity index (χ2v) is 15.8. The topological polar surface area (TPSA) is 38.7 Å². The molecule has 0 bridgehead atoms. The van der Waals surface area contributed by atoms with Gasteiger partial charge >= 0.3 is 0 Å². The van der Waals surface area contributed by atoms with E-state index in [9.17, 15) is 0 Å². The molecule has 0 saturated carbocycles. The summed E-state index contributed by atoms with van der Waals surface area (Å²) in [7, 11) is 0. The van der Waals surface area contributed by atoms with Crippen LogP contribution in [0.2, 0.25) is 0 Å². The second kappa shape index (κ2) is 12.6. The van der Waals surface area contributed by atoms with Crippen molar-refractivity contribution in [2.24, 2.45) is 11.8 Å². The highest BCUT2D eigenvalue weighted by Gasteiger charge is 2.50. The molecule has 3 heteroatoms. The van der Waals surface area contributed by atoms with Gasteiger partial charge in [-0.05, 0) is 97.2 Å². The Hall–Kier alpha value is -5.93. The van der Waals surface area contributed by atoms with Crippen molar-refractivity contribution in [3.8, 4) is 56.4 Å². The maximum absolute atomic E-state index is 5.43. The zero-order valence-electron chi connectivity index (χ0n) is 31.4. The van der Waals surface area contributed by atoms with E-state index in [0.29, 0.717) is 29.3 Å². The van der Waals surface area contributed by atoms with E-state index in [4.69, 9.17) is 15.0 Å². The molecule has 0 radical (unpaired) electrons. The lowest BCUT2D eigenvalue weighted by Gasteiger charge is -2.42. The molecule has 0 spiro atoms. The molecule has 3 nitrogen and oxygen atoms in total. The van der Waals surface area contributed by atoms with Gasteiger partial charge in [0.05, 0.1) is 0 Å². The van der Waals surface area contributed by atoms with Crippen molar-refractivity contribution < 1.29 is 0 Å². The smallest absolute Gasteiger partial charge is 0.164 e. The van der Waals surface area contributed by atoms with Gasteiger partial charge in [-0.1, -0.05) is 167 Å². The van der Waals surface area contributed by atoms with Crippen LogP contribution in [-0.2, 0) is 18.3 Å². The van der Waals surface area contributed by atoms with Crippen LogP contribution in [0.5, 0.6) is 0 Å². The first kappa shape index (κ1) is 32.7. The van der Waals surface area contributed by atoms with Gasteiger partial charge in [0.2, 0.25) is 0 Å². The Morgan fingerprint density at radius 3 is 1.57 bits per heavy atom. The van der Waals surface area contributed by atoms with Crippen molar-refractivity contribution in [3.63, 3.8) is 0 Å². The summed E-state index contributed by atoms with van der Waals surface area (Å²) in [5.74, 6) is 2.78. The minimum Gasteiger partial charge on any atom is -0.208 e. The van der Waals surface area contributed by atoms with Crippen LogP contribution >= 0.6 is 0 Å². The average molecular weight is 698 g/mol. The molecule has 54 heavy (non-hydrogen) atoms. The van der Waals surface area contributed by atoms with E-state index in [2.05, 4.69) is 167 Å². The van der Waals surface area contributed by atoms with Crippen LogP contribution in [0.1, 0.15) is 56.4 Å². The van der Waals surface area contributed by atoms with Gasteiger partial charge in [-0.3, -0.25) is 0 Å². The maximum Gasteiger partial charge on any atom is 0.164 e. The standard InChI is InChI=1S/C51H43N3/c1-31(2)51(32(3)4)44-28-14-27-43(46(44)42-30-29-36-21-11-18-35-17-7-10-24-39(35)45(36)47(42)51)50-53-48(40-25-12-19-33-15-5-8-22-37(33)40)52-49(54-50)41-26-13-20-34-16-6-9-23-38(34)41/h5-10,12-17,19-20,22-32H,11,18,21H2,1-4H3. The highest BCUT2D eigenvalue weighted by atomic mass is 15.0. The normalized spacial score (nSPS) is 14.2. The fourth-order valence-electron chi connectivity index (χ4n) is 10.2. The Morgan fingerprint density at radius 1 is 0.426 bits per heavy atom. The Labute approximate surface area is 317 Å². The van der Waals surface area contributed by atoms with Crippen LogP contribution in [0, 0.1) is 11.8 Å². The quantitative estimate of drug-likeness (QED) is 0.180. The lowest BCUT2D eigenvalue weighted by atomic mass is 9.61. The molecule has 10 rings (SSSR count). The van der Waals surface area contributed by atoms with E-state index in [0.717, 1.165) is 57.5 Å². The number of hydrogen-bond donors (Lipinski definition) is 0. The van der Waals surface area contributed by atoms with E-state index in [-0.39, 0.29) is 5.41 Å². The van der Waals surface area contributed by atoms with E-state index >= 15 is 0 Å². The molecule has 8 aromatic rings. The first-order valence-corrected chi connectivity index (χ1v) is 19.6. The Kier molecular flexibility index (Phi) is 7.63. The largest absolute Gasteiger partial charge is 0.208 e. The van der Waals surface area contributed by atoms with E-state index in [1.807, 2.05) is 0 Å². The Morgan fingerprint density at radius 2 is 0.926 bits per heavy atom. The van der Waals surface area contributed by atoms with Gasteiger partial charge in [-0.25, -0.2) is 15.0 Å². The number of rotatable bonds is 5. The summed E-state index contributed by atoms with van der Waals surface area (Å²) in [6, 6.07) is 50.7. The zero-order chi connectivity index (χ0) is 36.6. The van der Waals surface area contributed by atoms with Crippen molar-refractivity contribution in [1.29, 1.82) is 0 Å². The van der Waals surface area contributed by atoms with Crippen LogP contribution in [0.25, 0.3) is 78.0 Å². The lowest BCUT2D eigenvalue weighted by molar-refractivity contribution is 0.281. The molecule has 2 aliphatic carbocycles. The van der Waals surface area contributed by atoms with Crippen molar-refractivity contribution in [2.75, 3.05) is 0 Å². The minimum absolute atomic E-state index is 0.201. The summed E-state index contributed by atoms with van der Waals surface area (Å²) in [5.41, 5.74) is 14.1. The van der Waals surface area contributed by atoms with Crippen LogP contribution < -0.4 is 0 Å². The molecular formula is C51H43N3. The van der Waals surface area contributed by atoms with Gasteiger partial charge in [0.15, 0.2) is 17.5 Å². The third kappa shape index (κ3) is 4.77. The average Bonchev–Trinajstić information content (AvgIpc) is 3.39. The van der Waals surface area contributed by atoms with Crippen molar-refractivity contribution in [1.82, 2.24) is 15.0 Å². The summed E-state index contributed by atoms with van der Waals surface area (Å²) in [5, 5.41) is 4.59. The van der Waals surface area contributed by atoms with Crippen molar-refractivity contribution in [2.45, 2.75) is 52.4 Å². The number of benzene rings is 7. The molecule has 0 fully saturated rings. The van der Waals surface area contributed by atoms with E-state index < -0.39 is 0 Å². The van der Waals surface area contributed by atoms with Crippen LogP contribution in [0.3, 0.4) is 0 Å². The van der Waals surface area contributed by atoms with Crippen molar-refractivity contribution >= 4 is 21.5 Å². The van der Waals surface area contributed by atoms with Crippen molar-refractivity contribution in [3.05, 3.63) is 162 Å². The first-order chi connectivity index (χ1) is 26.4. The molecular weight excluding hydrogens is 655 g/mol. The van der Waals surface area contributed by atoms with Gasteiger partial charge in [-0.2, -0.15) is 0 Å². The predicted octanol–water partition coefficient (Wildman–Crippen LogP) is 12.9. The highest BCUT2D eigenvalue weighted by molar-refractivity contribution is 6.00. The molecule has 262 valence electrons.